The topological polar surface area (TPSA) is 49.4 Å². The van der Waals surface area contributed by atoms with Gasteiger partial charge in [-0.2, -0.15) is 11.3 Å². The quantitative estimate of drug-likeness (QED) is 0.640. The molecule has 0 unspecified atom stereocenters. The predicted molar refractivity (Wildman–Crippen MR) is 115 cm³/mol. The Labute approximate surface area is 168 Å². The first-order chi connectivity index (χ1) is 13.7. The van der Waals surface area contributed by atoms with Crippen LogP contribution in [0.1, 0.15) is 27.9 Å². The lowest BCUT2D eigenvalue weighted by Gasteiger charge is -2.30. The van der Waals surface area contributed by atoms with E-state index in [4.69, 9.17) is 0 Å². The van der Waals surface area contributed by atoms with Gasteiger partial charge in [-0.05, 0) is 71.1 Å². The van der Waals surface area contributed by atoms with E-state index in [1.165, 1.54) is 6.08 Å². The molecule has 2 aromatic carbocycles. The first-order valence-electron chi connectivity index (χ1n) is 9.22. The molecule has 140 valence electrons. The summed E-state index contributed by atoms with van der Waals surface area (Å²) in [5.41, 5.74) is 4.36. The van der Waals surface area contributed by atoms with Crippen molar-refractivity contribution in [3.8, 4) is 0 Å². The molecule has 0 radical (unpaired) electrons. The van der Waals surface area contributed by atoms with Gasteiger partial charge in [0, 0.05) is 29.6 Å². The maximum atomic E-state index is 13.0. The molecule has 0 saturated heterocycles. The van der Waals surface area contributed by atoms with Crippen LogP contribution in [0, 0.1) is 0 Å². The van der Waals surface area contributed by atoms with Gasteiger partial charge in [0.15, 0.2) is 0 Å². The van der Waals surface area contributed by atoms with E-state index in [0.29, 0.717) is 17.8 Å². The molecule has 1 aromatic heterocycles. The Bertz CT molecular complexity index is 1010. The summed E-state index contributed by atoms with van der Waals surface area (Å²) in [5.74, 6) is -0.203. The zero-order valence-corrected chi connectivity index (χ0v) is 16.1. The van der Waals surface area contributed by atoms with Gasteiger partial charge in [0.2, 0.25) is 5.91 Å². The third-order valence-corrected chi connectivity index (χ3v) is 5.41. The number of benzene rings is 2. The monoisotopic (exact) mass is 388 g/mol. The highest BCUT2D eigenvalue weighted by Gasteiger charge is 2.24. The Morgan fingerprint density at radius 3 is 2.71 bits per heavy atom. The largest absolute Gasteiger partial charge is 0.322 e. The number of aryl methyl sites for hydroxylation is 1. The van der Waals surface area contributed by atoms with E-state index in [1.54, 1.807) is 17.4 Å². The van der Waals surface area contributed by atoms with Crippen molar-refractivity contribution in [3.63, 3.8) is 0 Å². The number of fused-ring (bicyclic) bond motifs is 1. The second kappa shape index (κ2) is 8.23. The summed E-state index contributed by atoms with van der Waals surface area (Å²) in [7, 11) is 0. The van der Waals surface area contributed by atoms with E-state index in [9.17, 15) is 9.59 Å². The molecule has 0 atom stereocenters. The van der Waals surface area contributed by atoms with Crippen LogP contribution in [0.25, 0.3) is 6.08 Å². The minimum absolute atomic E-state index is 0.0117. The average Bonchev–Trinajstić information content (AvgIpc) is 3.26. The number of amides is 2. The van der Waals surface area contributed by atoms with Gasteiger partial charge >= 0.3 is 0 Å². The van der Waals surface area contributed by atoms with Gasteiger partial charge in [0.05, 0.1) is 0 Å². The summed E-state index contributed by atoms with van der Waals surface area (Å²) in [6.07, 6.45) is 5.17. The molecule has 1 aliphatic rings. The SMILES string of the molecule is O=C(/C=C/c1ccsc1)Nc1ccc2c(c1)N(C(=O)c1ccccc1)CCC2. The Kier molecular flexibility index (Phi) is 5.35. The molecule has 2 heterocycles. The summed E-state index contributed by atoms with van der Waals surface area (Å²) in [6.45, 7) is 0.677. The second-order valence-electron chi connectivity index (χ2n) is 6.65. The molecule has 0 fully saturated rings. The van der Waals surface area contributed by atoms with E-state index in [0.717, 1.165) is 29.7 Å². The molecule has 0 aliphatic carbocycles. The Morgan fingerprint density at radius 1 is 1.07 bits per heavy atom. The van der Waals surface area contributed by atoms with Crippen molar-refractivity contribution in [2.24, 2.45) is 0 Å². The van der Waals surface area contributed by atoms with Gasteiger partial charge in [-0.1, -0.05) is 24.3 Å². The molecule has 0 saturated carbocycles. The standard InChI is InChI=1S/C23H20N2O2S/c26-22(11-8-17-12-14-28-16-17)24-20-10-9-18-7-4-13-25(21(18)15-20)23(27)19-5-2-1-3-6-19/h1-3,5-6,8-12,14-16H,4,7,13H2,(H,24,26)/b11-8+. The molecule has 0 bridgehead atoms. The number of thiophene rings is 1. The van der Waals surface area contributed by atoms with Crippen LogP contribution in [0.15, 0.2) is 71.4 Å². The summed E-state index contributed by atoms with van der Waals surface area (Å²) in [5, 5.41) is 6.85. The van der Waals surface area contributed by atoms with Crippen LogP contribution < -0.4 is 10.2 Å². The third-order valence-electron chi connectivity index (χ3n) is 4.71. The summed E-state index contributed by atoms with van der Waals surface area (Å²) < 4.78 is 0. The van der Waals surface area contributed by atoms with Crippen LogP contribution >= 0.6 is 11.3 Å². The Hall–Kier alpha value is -3.18. The molecule has 0 spiro atoms. The fourth-order valence-electron chi connectivity index (χ4n) is 3.33. The molecule has 28 heavy (non-hydrogen) atoms. The first kappa shape index (κ1) is 18.2. The van der Waals surface area contributed by atoms with Gasteiger partial charge in [-0.3, -0.25) is 9.59 Å². The number of carbonyl (C=O) groups is 2. The molecule has 4 rings (SSSR count). The molecular weight excluding hydrogens is 368 g/mol. The van der Waals surface area contributed by atoms with Crippen LogP contribution in [0.3, 0.4) is 0 Å². The van der Waals surface area contributed by atoms with Crippen molar-refractivity contribution >= 4 is 40.6 Å². The van der Waals surface area contributed by atoms with Gasteiger partial charge in [-0.25, -0.2) is 0 Å². The summed E-state index contributed by atoms with van der Waals surface area (Å²) in [4.78, 5) is 27.0. The normalized spacial score (nSPS) is 13.4. The summed E-state index contributed by atoms with van der Waals surface area (Å²) in [6, 6.07) is 17.0. The van der Waals surface area contributed by atoms with Crippen LogP contribution in [0.2, 0.25) is 0 Å². The maximum absolute atomic E-state index is 13.0. The number of nitrogens with one attached hydrogen (secondary N) is 1. The van der Waals surface area contributed by atoms with E-state index in [2.05, 4.69) is 5.32 Å². The van der Waals surface area contributed by atoms with Crippen molar-refractivity contribution in [2.45, 2.75) is 12.8 Å². The van der Waals surface area contributed by atoms with Crippen LogP contribution in [0.5, 0.6) is 0 Å². The predicted octanol–water partition coefficient (Wildman–Crippen LogP) is 4.99. The zero-order chi connectivity index (χ0) is 19.3. The van der Waals surface area contributed by atoms with Crippen LogP contribution in [-0.4, -0.2) is 18.4 Å². The lowest BCUT2D eigenvalue weighted by molar-refractivity contribution is -0.111. The minimum atomic E-state index is -0.192. The van der Waals surface area contributed by atoms with Crippen LogP contribution in [-0.2, 0) is 11.2 Å². The van der Waals surface area contributed by atoms with E-state index in [-0.39, 0.29) is 11.8 Å². The highest BCUT2D eigenvalue weighted by Crippen LogP contribution is 2.31. The van der Waals surface area contributed by atoms with Crippen molar-refractivity contribution in [1.29, 1.82) is 0 Å². The van der Waals surface area contributed by atoms with Gasteiger partial charge in [-0.15, -0.1) is 0 Å². The van der Waals surface area contributed by atoms with Crippen LogP contribution in [0.4, 0.5) is 11.4 Å². The Balaban J connectivity index is 1.54. The molecule has 1 aliphatic heterocycles. The van der Waals surface area contributed by atoms with Crippen molar-refractivity contribution in [1.82, 2.24) is 0 Å². The molecule has 3 aromatic rings. The highest BCUT2D eigenvalue weighted by atomic mass is 32.1. The number of anilines is 2. The second-order valence-corrected chi connectivity index (χ2v) is 7.43. The summed E-state index contributed by atoms with van der Waals surface area (Å²) >= 11 is 1.59. The molecule has 5 heteroatoms. The maximum Gasteiger partial charge on any atom is 0.258 e. The number of carbonyl (C=O) groups excluding carboxylic acids is 2. The molecule has 2 amide bonds. The van der Waals surface area contributed by atoms with Gasteiger partial charge in [0.25, 0.3) is 5.91 Å². The molecular formula is C23H20N2O2S. The van der Waals surface area contributed by atoms with E-state index < -0.39 is 0 Å². The van der Waals surface area contributed by atoms with Crippen molar-refractivity contribution in [3.05, 3.63) is 88.1 Å². The first-order valence-corrected chi connectivity index (χ1v) is 10.2. The van der Waals surface area contributed by atoms with Gasteiger partial charge < -0.3 is 10.2 Å². The lowest BCUT2D eigenvalue weighted by Crippen LogP contribution is -2.35. The zero-order valence-electron chi connectivity index (χ0n) is 15.3. The molecule has 4 nitrogen and oxygen atoms in total. The number of rotatable bonds is 4. The number of nitrogens with zero attached hydrogens (tertiary/aromatic N) is 1. The fourth-order valence-corrected chi connectivity index (χ4v) is 3.95. The average molecular weight is 388 g/mol. The van der Waals surface area contributed by atoms with E-state index in [1.807, 2.05) is 70.3 Å². The smallest absolute Gasteiger partial charge is 0.258 e. The number of hydrogen-bond acceptors (Lipinski definition) is 3. The third kappa shape index (κ3) is 4.05. The fraction of sp³-hybridized carbons (Fsp3) is 0.130. The number of hydrogen-bond donors (Lipinski definition) is 1. The van der Waals surface area contributed by atoms with E-state index >= 15 is 0 Å². The highest BCUT2D eigenvalue weighted by molar-refractivity contribution is 7.08. The van der Waals surface area contributed by atoms with Crippen molar-refractivity contribution < 1.29 is 9.59 Å². The van der Waals surface area contributed by atoms with Gasteiger partial charge in [0.1, 0.15) is 0 Å². The lowest BCUT2D eigenvalue weighted by atomic mass is 10.00. The molecule has 1 N–H and O–H groups in total. The van der Waals surface area contributed by atoms with Crippen molar-refractivity contribution in [2.75, 3.05) is 16.8 Å². The Morgan fingerprint density at radius 2 is 1.93 bits per heavy atom. The minimum Gasteiger partial charge on any atom is -0.322 e.